The van der Waals surface area contributed by atoms with Crippen LogP contribution in [-0.2, 0) is 11.3 Å². The normalized spacial score (nSPS) is 20.7. The van der Waals surface area contributed by atoms with Crippen molar-refractivity contribution in [2.75, 3.05) is 13.1 Å². The number of hydrogen-bond donors (Lipinski definition) is 1. The number of nitrogens with zero attached hydrogens (tertiary/aromatic N) is 1. The predicted octanol–water partition coefficient (Wildman–Crippen LogP) is 2.49. The highest BCUT2D eigenvalue weighted by Gasteiger charge is 2.28. The van der Waals surface area contributed by atoms with Crippen LogP contribution in [0.4, 0.5) is 4.39 Å². The van der Waals surface area contributed by atoms with E-state index in [2.05, 4.69) is 15.9 Å². The average Bonchev–Trinajstić information content (AvgIpc) is 2.71. The highest BCUT2D eigenvalue weighted by molar-refractivity contribution is 9.10. The third kappa shape index (κ3) is 3.04. The molecule has 1 heterocycles. The van der Waals surface area contributed by atoms with Crippen LogP contribution in [0.15, 0.2) is 22.7 Å². The van der Waals surface area contributed by atoms with E-state index in [0.717, 1.165) is 0 Å². The number of carbonyl (C=O) groups is 1. The molecular weight excluding hydrogens is 289 g/mol. The average molecular weight is 302 g/mol. The molecule has 1 atom stereocenters. The van der Waals surface area contributed by atoms with Gasteiger partial charge in [0.25, 0.3) is 0 Å². The zero-order valence-corrected chi connectivity index (χ0v) is 10.8. The fraction of sp³-hybridized carbons (Fsp3) is 0.417. The lowest BCUT2D eigenvalue weighted by Crippen LogP contribution is -2.23. The minimum atomic E-state index is -0.760. The fourth-order valence-corrected chi connectivity index (χ4v) is 2.40. The lowest BCUT2D eigenvalue weighted by atomic mass is 10.1. The first-order chi connectivity index (χ1) is 8.06. The first kappa shape index (κ1) is 12.5. The van der Waals surface area contributed by atoms with Crippen molar-refractivity contribution < 1.29 is 14.3 Å². The summed E-state index contributed by atoms with van der Waals surface area (Å²) in [5, 5.41) is 8.88. The van der Waals surface area contributed by atoms with Crippen LogP contribution in [0.1, 0.15) is 12.0 Å². The van der Waals surface area contributed by atoms with Crippen LogP contribution in [0.2, 0.25) is 0 Å². The molecule has 92 valence electrons. The molecule has 0 aromatic heterocycles. The van der Waals surface area contributed by atoms with Gasteiger partial charge in [-0.1, -0.05) is 22.0 Å². The molecule has 1 N–H and O–H groups in total. The molecule has 0 spiro atoms. The van der Waals surface area contributed by atoms with Crippen LogP contribution < -0.4 is 0 Å². The molecule has 1 aromatic rings. The Labute approximate surface area is 107 Å². The van der Waals surface area contributed by atoms with Crippen molar-refractivity contribution in [3.63, 3.8) is 0 Å². The second-order valence-corrected chi connectivity index (χ2v) is 5.21. The lowest BCUT2D eigenvalue weighted by Gasteiger charge is -2.15. The standard InChI is InChI=1S/C12H13BrFNO2/c13-10-2-1-8(11(14)5-10)6-15-4-3-9(7-15)12(16)17/h1-2,5,9H,3-4,6-7H2,(H,16,17)/t9-/m1/s1. The SMILES string of the molecule is O=C(O)[C@@H]1CCN(Cc2ccc(Br)cc2F)C1. The van der Waals surface area contributed by atoms with E-state index >= 15 is 0 Å². The van der Waals surface area contributed by atoms with Gasteiger partial charge in [0.2, 0.25) is 0 Å². The van der Waals surface area contributed by atoms with E-state index in [0.29, 0.717) is 36.1 Å². The van der Waals surface area contributed by atoms with E-state index in [1.165, 1.54) is 6.07 Å². The Bertz CT molecular complexity index is 439. The van der Waals surface area contributed by atoms with E-state index < -0.39 is 5.97 Å². The number of rotatable bonds is 3. The molecule has 0 aliphatic carbocycles. The van der Waals surface area contributed by atoms with Gasteiger partial charge in [0.15, 0.2) is 0 Å². The second-order valence-electron chi connectivity index (χ2n) is 4.29. The van der Waals surface area contributed by atoms with Crippen molar-refractivity contribution >= 4 is 21.9 Å². The van der Waals surface area contributed by atoms with Gasteiger partial charge >= 0.3 is 5.97 Å². The van der Waals surface area contributed by atoms with Crippen LogP contribution in [0.25, 0.3) is 0 Å². The van der Waals surface area contributed by atoms with Crippen LogP contribution in [0.3, 0.4) is 0 Å². The molecule has 3 nitrogen and oxygen atoms in total. The van der Waals surface area contributed by atoms with E-state index in [-0.39, 0.29) is 11.7 Å². The van der Waals surface area contributed by atoms with Gasteiger partial charge in [0.05, 0.1) is 5.92 Å². The van der Waals surface area contributed by atoms with Gasteiger partial charge in [-0.25, -0.2) is 4.39 Å². The van der Waals surface area contributed by atoms with Crippen LogP contribution >= 0.6 is 15.9 Å². The minimum absolute atomic E-state index is 0.252. The molecule has 1 saturated heterocycles. The molecule has 0 radical (unpaired) electrons. The molecular formula is C12H13BrFNO2. The van der Waals surface area contributed by atoms with E-state index in [1.54, 1.807) is 12.1 Å². The quantitative estimate of drug-likeness (QED) is 0.932. The molecule has 0 saturated carbocycles. The Morgan fingerprint density at radius 1 is 1.59 bits per heavy atom. The first-order valence-electron chi connectivity index (χ1n) is 5.45. The smallest absolute Gasteiger partial charge is 0.307 e. The number of benzene rings is 1. The predicted molar refractivity (Wildman–Crippen MR) is 65.1 cm³/mol. The molecule has 0 bridgehead atoms. The van der Waals surface area contributed by atoms with Crippen LogP contribution in [0, 0.1) is 11.7 Å². The topological polar surface area (TPSA) is 40.5 Å². The van der Waals surface area contributed by atoms with Crippen molar-refractivity contribution in [1.82, 2.24) is 4.90 Å². The van der Waals surface area contributed by atoms with Gasteiger partial charge in [-0.2, -0.15) is 0 Å². The summed E-state index contributed by atoms with van der Waals surface area (Å²) in [6.07, 6.45) is 0.646. The molecule has 1 aromatic carbocycles. The van der Waals surface area contributed by atoms with Crippen LogP contribution in [-0.4, -0.2) is 29.1 Å². The van der Waals surface area contributed by atoms with Gasteiger partial charge in [0, 0.05) is 23.1 Å². The summed E-state index contributed by atoms with van der Waals surface area (Å²) in [4.78, 5) is 12.8. The molecule has 1 fully saturated rings. The van der Waals surface area contributed by atoms with Crippen molar-refractivity contribution in [1.29, 1.82) is 0 Å². The number of carboxylic acids is 1. The van der Waals surface area contributed by atoms with Gasteiger partial charge in [-0.3, -0.25) is 9.69 Å². The highest BCUT2D eigenvalue weighted by atomic mass is 79.9. The summed E-state index contributed by atoms with van der Waals surface area (Å²) in [7, 11) is 0. The number of aliphatic carboxylic acids is 1. The van der Waals surface area contributed by atoms with E-state index in [1.807, 2.05) is 4.90 Å². The van der Waals surface area contributed by atoms with Crippen LogP contribution in [0.5, 0.6) is 0 Å². The molecule has 5 heteroatoms. The maximum Gasteiger partial charge on any atom is 0.307 e. The first-order valence-corrected chi connectivity index (χ1v) is 6.24. The zero-order chi connectivity index (χ0) is 12.4. The summed E-state index contributed by atoms with van der Waals surface area (Å²) in [5.41, 5.74) is 0.610. The zero-order valence-electron chi connectivity index (χ0n) is 9.20. The largest absolute Gasteiger partial charge is 0.481 e. The Morgan fingerprint density at radius 3 is 2.94 bits per heavy atom. The third-order valence-electron chi connectivity index (χ3n) is 3.03. The lowest BCUT2D eigenvalue weighted by molar-refractivity contribution is -0.141. The molecule has 0 unspecified atom stereocenters. The van der Waals surface area contributed by atoms with Crippen molar-refractivity contribution in [3.8, 4) is 0 Å². The summed E-state index contributed by atoms with van der Waals surface area (Å²) < 4.78 is 14.3. The number of halogens is 2. The molecule has 2 rings (SSSR count). The third-order valence-corrected chi connectivity index (χ3v) is 3.52. The summed E-state index contributed by atoms with van der Waals surface area (Å²) >= 11 is 3.21. The highest BCUT2D eigenvalue weighted by Crippen LogP contribution is 2.21. The fourth-order valence-electron chi connectivity index (χ4n) is 2.07. The van der Waals surface area contributed by atoms with Gasteiger partial charge in [-0.05, 0) is 25.1 Å². The molecule has 1 aliphatic heterocycles. The Morgan fingerprint density at radius 2 is 2.35 bits per heavy atom. The number of likely N-dealkylation sites (tertiary alicyclic amines) is 1. The Kier molecular flexibility index (Phi) is 3.79. The second kappa shape index (κ2) is 5.14. The molecule has 17 heavy (non-hydrogen) atoms. The van der Waals surface area contributed by atoms with Crippen molar-refractivity contribution in [2.24, 2.45) is 5.92 Å². The number of hydrogen-bond acceptors (Lipinski definition) is 2. The van der Waals surface area contributed by atoms with Crippen molar-refractivity contribution in [2.45, 2.75) is 13.0 Å². The van der Waals surface area contributed by atoms with Gasteiger partial charge in [-0.15, -0.1) is 0 Å². The monoisotopic (exact) mass is 301 g/mol. The Hall–Kier alpha value is -0.940. The maximum absolute atomic E-state index is 13.6. The van der Waals surface area contributed by atoms with E-state index in [9.17, 15) is 9.18 Å². The maximum atomic E-state index is 13.6. The summed E-state index contributed by atoms with van der Waals surface area (Å²) in [6.45, 7) is 1.69. The van der Waals surface area contributed by atoms with Gasteiger partial charge in [0.1, 0.15) is 5.82 Å². The molecule has 1 aliphatic rings. The Balaban J connectivity index is 2.00. The van der Waals surface area contributed by atoms with Gasteiger partial charge < -0.3 is 5.11 Å². The number of carboxylic acid groups (broad SMARTS) is 1. The van der Waals surface area contributed by atoms with Crippen molar-refractivity contribution in [3.05, 3.63) is 34.1 Å². The van der Waals surface area contributed by atoms with E-state index in [4.69, 9.17) is 5.11 Å². The summed E-state index contributed by atoms with van der Waals surface area (Å²) in [5.74, 6) is -1.32. The summed E-state index contributed by atoms with van der Waals surface area (Å²) in [6, 6.07) is 4.96. The minimum Gasteiger partial charge on any atom is -0.481 e. The molecule has 0 amide bonds.